The molecule has 0 radical (unpaired) electrons. The number of aliphatic imine (C=N–C) groups is 1. The molecule has 0 aliphatic rings. The van der Waals surface area contributed by atoms with Crippen molar-refractivity contribution >= 4 is 49.7 Å². The van der Waals surface area contributed by atoms with Crippen molar-refractivity contribution in [3.63, 3.8) is 0 Å². The van der Waals surface area contributed by atoms with Crippen LogP contribution in [0.3, 0.4) is 0 Å². The van der Waals surface area contributed by atoms with Crippen LogP contribution in [0.1, 0.15) is 27.0 Å². The summed E-state index contributed by atoms with van der Waals surface area (Å²) in [4.78, 5) is 15.5. The van der Waals surface area contributed by atoms with E-state index in [1.807, 2.05) is 49.5 Å². The molecule has 6 heteroatoms. The van der Waals surface area contributed by atoms with Gasteiger partial charge in [0.1, 0.15) is 12.4 Å². The zero-order valence-corrected chi connectivity index (χ0v) is 18.2. The molecule has 0 saturated carbocycles. The summed E-state index contributed by atoms with van der Waals surface area (Å²) in [5.41, 5.74) is 4.11. The predicted octanol–water partition coefficient (Wildman–Crippen LogP) is 6.55. The van der Waals surface area contributed by atoms with Gasteiger partial charge in [-0.2, -0.15) is 0 Å². The second kappa shape index (κ2) is 9.17. The van der Waals surface area contributed by atoms with Crippen LogP contribution in [0.4, 0.5) is 5.69 Å². The van der Waals surface area contributed by atoms with Crippen LogP contribution in [-0.2, 0) is 6.61 Å². The predicted molar refractivity (Wildman–Crippen MR) is 118 cm³/mol. The zero-order valence-electron chi connectivity index (χ0n) is 15.0. The number of carbonyl (C=O) groups is 1. The quantitative estimate of drug-likeness (QED) is 0.389. The minimum Gasteiger partial charge on any atom is -0.487 e. The summed E-state index contributed by atoms with van der Waals surface area (Å²) in [5.74, 6) is -0.267. The van der Waals surface area contributed by atoms with E-state index < -0.39 is 5.97 Å². The van der Waals surface area contributed by atoms with Crippen molar-refractivity contribution < 1.29 is 14.6 Å². The molecular formula is C22H17Br2NO3. The number of carboxylic acid groups (broad SMARTS) is 1. The summed E-state index contributed by atoms with van der Waals surface area (Å²) >= 11 is 7.10. The van der Waals surface area contributed by atoms with Gasteiger partial charge in [-0.1, -0.05) is 30.3 Å². The van der Waals surface area contributed by atoms with Gasteiger partial charge in [0.15, 0.2) is 0 Å². The van der Waals surface area contributed by atoms with Crippen LogP contribution in [0.25, 0.3) is 0 Å². The molecule has 1 N–H and O–H groups in total. The van der Waals surface area contributed by atoms with E-state index in [1.165, 1.54) is 0 Å². The van der Waals surface area contributed by atoms with Crippen LogP contribution in [-0.4, -0.2) is 17.3 Å². The Balaban J connectivity index is 1.73. The lowest BCUT2D eigenvalue weighted by atomic mass is 10.1. The Hall–Kier alpha value is -2.44. The van der Waals surface area contributed by atoms with Gasteiger partial charge in [0.25, 0.3) is 0 Å². The second-order valence-electron chi connectivity index (χ2n) is 6.15. The van der Waals surface area contributed by atoms with Crippen LogP contribution in [0.5, 0.6) is 5.75 Å². The Bertz CT molecular complexity index is 1010. The Morgan fingerprint density at radius 1 is 1.07 bits per heavy atom. The molecule has 3 rings (SSSR count). The highest BCUT2D eigenvalue weighted by atomic mass is 79.9. The molecule has 3 aromatic carbocycles. The van der Waals surface area contributed by atoms with Gasteiger partial charge in [0, 0.05) is 6.21 Å². The lowest BCUT2D eigenvalue weighted by Gasteiger charge is -2.11. The van der Waals surface area contributed by atoms with Crippen molar-refractivity contribution in [3.05, 3.63) is 91.9 Å². The summed E-state index contributed by atoms with van der Waals surface area (Å²) in [6.45, 7) is 2.35. The molecule has 3 aromatic rings. The van der Waals surface area contributed by atoms with Crippen LogP contribution in [0, 0.1) is 6.92 Å². The molecule has 0 heterocycles. The monoisotopic (exact) mass is 501 g/mol. The number of aryl methyl sites for hydroxylation is 1. The van der Waals surface area contributed by atoms with E-state index in [4.69, 9.17) is 9.84 Å². The number of aromatic carboxylic acids is 1. The topological polar surface area (TPSA) is 58.9 Å². The SMILES string of the molecule is Cc1ccccc1N=Cc1cc(Br)c(OCc2ccc(C(=O)O)cc2)c(Br)c1. The Morgan fingerprint density at radius 3 is 2.32 bits per heavy atom. The van der Waals surface area contributed by atoms with Crippen LogP contribution >= 0.6 is 31.9 Å². The molecule has 0 atom stereocenters. The maximum absolute atomic E-state index is 10.9. The number of carboxylic acids is 1. The van der Waals surface area contributed by atoms with Gasteiger partial charge in [-0.25, -0.2) is 4.79 Å². The smallest absolute Gasteiger partial charge is 0.335 e. The maximum Gasteiger partial charge on any atom is 0.335 e. The highest BCUT2D eigenvalue weighted by molar-refractivity contribution is 9.11. The summed E-state index contributed by atoms with van der Waals surface area (Å²) in [7, 11) is 0. The van der Waals surface area contributed by atoms with Gasteiger partial charge in [0.05, 0.1) is 20.2 Å². The second-order valence-corrected chi connectivity index (χ2v) is 7.86. The van der Waals surface area contributed by atoms with E-state index in [9.17, 15) is 4.79 Å². The van der Waals surface area contributed by atoms with Gasteiger partial charge in [-0.15, -0.1) is 0 Å². The fraction of sp³-hybridized carbons (Fsp3) is 0.0909. The fourth-order valence-electron chi connectivity index (χ4n) is 2.54. The van der Waals surface area contributed by atoms with Gasteiger partial charge in [-0.05, 0) is 85.8 Å². The Kier molecular flexibility index (Phi) is 6.65. The molecule has 0 bridgehead atoms. The first-order valence-corrected chi connectivity index (χ1v) is 10.1. The van der Waals surface area contributed by atoms with Crippen LogP contribution in [0.15, 0.2) is 74.6 Å². The van der Waals surface area contributed by atoms with E-state index in [2.05, 4.69) is 36.9 Å². The number of ether oxygens (including phenoxy) is 1. The standard InChI is InChI=1S/C22H17Br2NO3/c1-14-4-2-3-5-20(14)25-12-16-10-18(23)21(19(24)11-16)28-13-15-6-8-17(9-7-15)22(26)27/h2-12H,13H2,1H3,(H,26,27). The first-order chi connectivity index (χ1) is 13.4. The van der Waals surface area contributed by atoms with E-state index in [-0.39, 0.29) is 5.56 Å². The molecule has 0 unspecified atom stereocenters. The molecule has 0 fully saturated rings. The highest BCUT2D eigenvalue weighted by Gasteiger charge is 2.10. The van der Waals surface area contributed by atoms with E-state index in [1.54, 1.807) is 24.3 Å². The number of halogens is 2. The summed E-state index contributed by atoms with van der Waals surface area (Å²) in [6, 6.07) is 18.5. The lowest BCUT2D eigenvalue weighted by Crippen LogP contribution is -2.00. The maximum atomic E-state index is 10.9. The number of nitrogens with zero attached hydrogens (tertiary/aromatic N) is 1. The van der Waals surface area contributed by atoms with Crippen LogP contribution in [0.2, 0.25) is 0 Å². The van der Waals surface area contributed by atoms with Gasteiger partial charge >= 0.3 is 5.97 Å². The Morgan fingerprint density at radius 2 is 1.71 bits per heavy atom. The third-order valence-corrected chi connectivity index (χ3v) is 5.25. The lowest BCUT2D eigenvalue weighted by molar-refractivity contribution is 0.0697. The van der Waals surface area contributed by atoms with Crippen molar-refractivity contribution in [2.75, 3.05) is 0 Å². The van der Waals surface area contributed by atoms with Crippen molar-refractivity contribution in [1.82, 2.24) is 0 Å². The third kappa shape index (κ3) is 5.09. The summed E-state index contributed by atoms with van der Waals surface area (Å²) in [5, 5.41) is 8.96. The summed E-state index contributed by atoms with van der Waals surface area (Å²) in [6.07, 6.45) is 1.81. The number of hydrogen-bond acceptors (Lipinski definition) is 3. The van der Waals surface area contributed by atoms with Crippen LogP contribution < -0.4 is 4.74 Å². The van der Waals surface area contributed by atoms with E-state index in [0.29, 0.717) is 12.4 Å². The zero-order chi connectivity index (χ0) is 20.1. The highest BCUT2D eigenvalue weighted by Crippen LogP contribution is 2.35. The first kappa shape index (κ1) is 20.3. The largest absolute Gasteiger partial charge is 0.487 e. The van der Waals surface area contributed by atoms with Gasteiger partial charge in [-0.3, -0.25) is 4.99 Å². The molecule has 142 valence electrons. The minimum absolute atomic E-state index is 0.253. The van der Waals surface area contributed by atoms with Crippen molar-refractivity contribution in [1.29, 1.82) is 0 Å². The van der Waals surface area contributed by atoms with Crippen molar-refractivity contribution in [2.45, 2.75) is 13.5 Å². The van der Waals surface area contributed by atoms with E-state index >= 15 is 0 Å². The molecule has 0 aromatic heterocycles. The van der Waals surface area contributed by atoms with E-state index in [0.717, 1.165) is 31.3 Å². The van der Waals surface area contributed by atoms with Crippen molar-refractivity contribution in [3.8, 4) is 5.75 Å². The normalized spacial score (nSPS) is 11.0. The third-order valence-electron chi connectivity index (χ3n) is 4.07. The number of hydrogen-bond donors (Lipinski definition) is 1. The Labute approximate surface area is 180 Å². The number of benzene rings is 3. The molecule has 0 saturated heterocycles. The number of rotatable bonds is 6. The molecule has 0 aliphatic carbocycles. The molecule has 28 heavy (non-hydrogen) atoms. The molecule has 0 spiro atoms. The number of para-hydroxylation sites is 1. The first-order valence-electron chi connectivity index (χ1n) is 8.48. The molecular weight excluding hydrogens is 486 g/mol. The molecule has 0 amide bonds. The van der Waals surface area contributed by atoms with Gasteiger partial charge < -0.3 is 9.84 Å². The average molecular weight is 503 g/mol. The average Bonchev–Trinajstić information content (AvgIpc) is 2.67. The van der Waals surface area contributed by atoms with Gasteiger partial charge in [0.2, 0.25) is 0 Å². The fourth-order valence-corrected chi connectivity index (χ4v) is 3.99. The summed E-state index contributed by atoms with van der Waals surface area (Å²) < 4.78 is 7.51. The minimum atomic E-state index is -0.944. The molecule has 4 nitrogen and oxygen atoms in total. The molecule has 0 aliphatic heterocycles. The van der Waals surface area contributed by atoms with Crippen molar-refractivity contribution in [2.24, 2.45) is 4.99 Å².